The number of nitrogens with two attached hydrogens (primary N) is 1. The number of piperidine rings is 1. The molecule has 0 aromatic heterocycles. The molecule has 0 saturated carbocycles. The Balaban J connectivity index is 2.01. The van der Waals surface area contributed by atoms with Crippen molar-refractivity contribution in [1.29, 1.82) is 0 Å². The highest BCUT2D eigenvalue weighted by Gasteiger charge is 2.24. The van der Waals surface area contributed by atoms with Crippen LogP contribution in [0.5, 0.6) is 0 Å². The summed E-state index contributed by atoms with van der Waals surface area (Å²) in [6.07, 6.45) is 0.716. The van der Waals surface area contributed by atoms with Crippen LogP contribution in [0.3, 0.4) is 0 Å². The molecule has 1 aromatic rings. The molecule has 0 bridgehead atoms. The molecule has 1 heterocycles. The second kappa shape index (κ2) is 5.02. The van der Waals surface area contributed by atoms with Crippen molar-refractivity contribution in [1.82, 2.24) is 4.90 Å². The highest BCUT2D eigenvalue weighted by Crippen LogP contribution is 2.21. The number of anilines is 1. The van der Waals surface area contributed by atoms with Crippen molar-refractivity contribution in [3.8, 4) is 0 Å². The molecular weight excluding hydrogens is 219 g/mol. The smallest absolute Gasteiger partial charge is 0.125 e. The molecule has 2 rings (SSSR count). The molecule has 1 fully saturated rings. The van der Waals surface area contributed by atoms with Crippen LogP contribution in [0.25, 0.3) is 0 Å². The average molecular weight is 238 g/mol. The van der Waals surface area contributed by atoms with E-state index < -0.39 is 0 Å². The van der Waals surface area contributed by atoms with Gasteiger partial charge in [0.05, 0.1) is 6.10 Å². The van der Waals surface area contributed by atoms with Gasteiger partial charge in [-0.1, -0.05) is 13.0 Å². The molecule has 0 radical (unpaired) electrons. The Morgan fingerprint density at radius 2 is 2.29 bits per heavy atom. The third kappa shape index (κ3) is 2.96. The first-order chi connectivity index (χ1) is 8.06. The Kier molecular flexibility index (Phi) is 3.64. The van der Waals surface area contributed by atoms with Crippen molar-refractivity contribution in [2.24, 2.45) is 5.92 Å². The minimum atomic E-state index is -0.307. The van der Waals surface area contributed by atoms with Gasteiger partial charge in [-0.15, -0.1) is 0 Å². The van der Waals surface area contributed by atoms with Crippen molar-refractivity contribution in [2.75, 3.05) is 18.8 Å². The van der Waals surface area contributed by atoms with E-state index in [4.69, 9.17) is 5.73 Å². The fourth-order valence-corrected chi connectivity index (χ4v) is 2.21. The van der Waals surface area contributed by atoms with Gasteiger partial charge in [0.15, 0.2) is 0 Å². The molecular formula is C13H19FN2O. The summed E-state index contributed by atoms with van der Waals surface area (Å²) in [7, 11) is 0. The highest BCUT2D eigenvalue weighted by molar-refractivity contribution is 5.46. The highest BCUT2D eigenvalue weighted by atomic mass is 19.1. The lowest BCUT2D eigenvalue weighted by atomic mass is 9.95. The van der Waals surface area contributed by atoms with E-state index in [1.54, 1.807) is 6.07 Å². The molecule has 4 heteroatoms. The first-order valence-corrected chi connectivity index (χ1v) is 6.00. The van der Waals surface area contributed by atoms with Crippen LogP contribution in [-0.2, 0) is 6.54 Å². The monoisotopic (exact) mass is 238 g/mol. The standard InChI is InChI=1S/C13H19FN2O/c1-9-4-5-16(8-13(9)17)7-10-2-3-11(14)6-12(10)15/h2-3,6,9,13,17H,4-5,7-8,15H2,1H3. The van der Waals surface area contributed by atoms with Gasteiger partial charge in [-0.2, -0.15) is 0 Å². The summed E-state index contributed by atoms with van der Waals surface area (Å²) >= 11 is 0. The van der Waals surface area contributed by atoms with E-state index in [1.807, 2.05) is 0 Å². The van der Waals surface area contributed by atoms with Gasteiger partial charge in [0.1, 0.15) is 5.82 Å². The van der Waals surface area contributed by atoms with Crippen LogP contribution in [0.15, 0.2) is 18.2 Å². The number of rotatable bonds is 2. The zero-order valence-electron chi connectivity index (χ0n) is 10.1. The van der Waals surface area contributed by atoms with Crippen molar-refractivity contribution >= 4 is 5.69 Å². The van der Waals surface area contributed by atoms with Gasteiger partial charge >= 0.3 is 0 Å². The van der Waals surface area contributed by atoms with E-state index in [2.05, 4.69) is 11.8 Å². The zero-order valence-corrected chi connectivity index (χ0v) is 10.1. The number of aliphatic hydroxyl groups excluding tert-OH is 1. The molecule has 3 nitrogen and oxygen atoms in total. The molecule has 17 heavy (non-hydrogen) atoms. The van der Waals surface area contributed by atoms with Crippen molar-refractivity contribution < 1.29 is 9.50 Å². The topological polar surface area (TPSA) is 49.5 Å². The van der Waals surface area contributed by atoms with Gasteiger partial charge in [0.2, 0.25) is 0 Å². The summed E-state index contributed by atoms with van der Waals surface area (Å²) in [5.41, 5.74) is 7.18. The van der Waals surface area contributed by atoms with Gasteiger partial charge in [-0.05, 0) is 36.6 Å². The maximum absolute atomic E-state index is 12.9. The van der Waals surface area contributed by atoms with E-state index in [0.717, 1.165) is 18.5 Å². The van der Waals surface area contributed by atoms with Crippen molar-refractivity contribution in [2.45, 2.75) is 26.0 Å². The third-order valence-corrected chi connectivity index (χ3v) is 3.50. The maximum atomic E-state index is 12.9. The van der Waals surface area contributed by atoms with Gasteiger partial charge < -0.3 is 10.8 Å². The number of aliphatic hydroxyl groups is 1. The maximum Gasteiger partial charge on any atom is 0.125 e. The fourth-order valence-electron chi connectivity index (χ4n) is 2.21. The van der Waals surface area contributed by atoms with Gasteiger partial charge in [0, 0.05) is 18.8 Å². The second-order valence-electron chi connectivity index (χ2n) is 4.91. The molecule has 3 N–H and O–H groups in total. The number of halogens is 1. The molecule has 2 unspecified atom stereocenters. The summed E-state index contributed by atoms with van der Waals surface area (Å²) in [5, 5.41) is 9.81. The summed E-state index contributed by atoms with van der Waals surface area (Å²) < 4.78 is 12.9. The normalized spacial score (nSPS) is 26.1. The van der Waals surface area contributed by atoms with Gasteiger partial charge in [0.25, 0.3) is 0 Å². The van der Waals surface area contributed by atoms with Crippen LogP contribution in [-0.4, -0.2) is 29.2 Å². The molecule has 0 spiro atoms. The van der Waals surface area contributed by atoms with E-state index in [9.17, 15) is 9.50 Å². The largest absolute Gasteiger partial charge is 0.398 e. The number of hydrogen-bond donors (Lipinski definition) is 2. The molecule has 0 amide bonds. The van der Waals surface area contributed by atoms with Crippen molar-refractivity contribution in [3.05, 3.63) is 29.6 Å². The second-order valence-corrected chi connectivity index (χ2v) is 4.91. The van der Waals surface area contributed by atoms with Crippen LogP contribution < -0.4 is 5.73 Å². The Morgan fingerprint density at radius 3 is 2.94 bits per heavy atom. The van der Waals surface area contributed by atoms with Gasteiger partial charge in [-0.25, -0.2) is 4.39 Å². The Hall–Kier alpha value is -1.13. The summed E-state index contributed by atoms with van der Waals surface area (Å²) in [6, 6.07) is 4.49. The number of nitrogen functional groups attached to an aromatic ring is 1. The average Bonchev–Trinajstić information content (AvgIpc) is 2.27. The first-order valence-electron chi connectivity index (χ1n) is 6.00. The van der Waals surface area contributed by atoms with Crippen LogP contribution in [0.4, 0.5) is 10.1 Å². The number of likely N-dealkylation sites (tertiary alicyclic amines) is 1. The SMILES string of the molecule is CC1CCN(Cc2ccc(F)cc2N)CC1O. The Morgan fingerprint density at radius 1 is 1.53 bits per heavy atom. The van der Waals surface area contributed by atoms with Crippen LogP contribution in [0, 0.1) is 11.7 Å². The van der Waals surface area contributed by atoms with Crippen LogP contribution in [0.1, 0.15) is 18.9 Å². The summed E-state index contributed by atoms with van der Waals surface area (Å²) in [4.78, 5) is 2.16. The van der Waals surface area contributed by atoms with E-state index in [1.165, 1.54) is 12.1 Å². The zero-order chi connectivity index (χ0) is 12.4. The molecule has 94 valence electrons. The van der Waals surface area contributed by atoms with Gasteiger partial charge in [-0.3, -0.25) is 4.90 Å². The fraction of sp³-hybridized carbons (Fsp3) is 0.538. The van der Waals surface area contributed by atoms with Crippen molar-refractivity contribution in [3.63, 3.8) is 0 Å². The number of hydrogen-bond acceptors (Lipinski definition) is 3. The quantitative estimate of drug-likeness (QED) is 0.770. The Labute approximate surface area is 101 Å². The minimum absolute atomic E-state index is 0.273. The number of β-amino-alcohol motifs (C(OH)–C–C–N with tert-alkyl or cyclic N) is 1. The molecule has 1 aromatic carbocycles. The third-order valence-electron chi connectivity index (χ3n) is 3.50. The van der Waals surface area contributed by atoms with E-state index in [0.29, 0.717) is 24.7 Å². The lowest BCUT2D eigenvalue weighted by molar-refractivity contribution is 0.0260. The summed E-state index contributed by atoms with van der Waals surface area (Å²) in [5.74, 6) is 0.0513. The first kappa shape index (κ1) is 12.3. The van der Waals surface area contributed by atoms with E-state index in [-0.39, 0.29) is 11.9 Å². The molecule has 1 saturated heterocycles. The molecule has 1 aliphatic heterocycles. The molecule has 2 atom stereocenters. The van der Waals surface area contributed by atoms with Crippen LogP contribution >= 0.6 is 0 Å². The predicted octanol–water partition coefficient (Wildman–Crippen LogP) is 1.61. The molecule has 0 aliphatic carbocycles. The number of benzene rings is 1. The lowest BCUT2D eigenvalue weighted by Gasteiger charge is -2.34. The van der Waals surface area contributed by atoms with Crippen LogP contribution in [0.2, 0.25) is 0 Å². The Bertz CT molecular complexity index is 397. The summed E-state index contributed by atoms with van der Waals surface area (Å²) in [6.45, 7) is 4.36. The van der Waals surface area contributed by atoms with E-state index >= 15 is 0 Å². The number of nitrogens with zero attached hydrogens (tertiary/aromatic N) is 1. The lowest BCUT2D eigenvalue weighted by Crippen LogP contribution is -2.42. The molecule has 1 aliphatic rings. The predicted molar refractivity (Wildman–Crippen MR) is 65.9 cm³/mol. The minimum Gasteiger partial charge on any atom is -0.398 e.